The maximum atomic E-state index is 12.5. The summed E-state index contributed by atoms with van der Waals surface area (Å²) in [6.07, 6.45) is 0. The lowest BCUT2D eigenvalue weighted by molar-refractivity contribution is 0.102. The number of hydrogen-bond acceptors (Lipinski definition) is 6. The molecule has 0 bridgehead atoms. The van der Waals surface area contributed by atoms with E-state index in [0.29, 0.717) is 32.7 Å². The number of pyridine rings is 1. The lowest BCUT2D eigenvalue weighted by Crippen LogP contribution is -2.06. The highest BCUT2D eigenvalue weighted by atomic mass is 35.5. The van der Waals surface area contributed by atoms with Crippen molar-refractivity contribution in [3.8, 4) is 23.3 Å². The molecule has 0 aliphatic heterocycles. The molecule has 2 N–H and O–H groups in total. The maximum absolute atomic E-state index is 12.5. The number of rotatable bonds is 6. The molecule has 0 atom stereocenters. The minimum absolute atomic E-state index is 0.0332. The highest BCUT2D eigenvalue weighted by Crippen LogP contribution is 2.36. The second-order valence-corrected chi connectivity index (χ2v) is 8.55. The molecule has 3 aromatic rings. The lowest BCUT2D eigenvalue weighted by atomic mass is 9.94. The van der Waals surface area contributed by atoms with Crippen molar-refractivity contribution < 1.29 is 4.79 Å². The number of ketones is 1. The second-order valence-electron chi connectivity index (χ2n) is 7.15. The average Bonchev–Trinajstić information content (AvgIpc) is 2.77. The largest absolute Gasteiger partial charge is 0.383 e. The van der Waals surface area contributed by atoms with Crippen LogP contribution in [0.2, 0.25) is 5.02 Å². The Morgan fingerprint density at radius 1 is 1.06 bits per heavy atom. The Morgan fingerprint density at radius 3 is 2.23 bits per heavy atom. The number of anilines is 1. The lowest BCUT2D eigenvalue weighted by Gasteiger charge is -2.14. The van der Waals surface area contributed by atoms with Crippen LogP contribution in [-0.4, -0.2) is 16.5 Å². The van der Waals surface area contributed by atoms with E-state index in [4.69, 9.17) is 17.3 Å². The van der Waals surface area contributed by atoms with Gasteiger partial charge in [-0.25, -0.2) is 4.98 Å². The zero-order chi connectivity index (χ0) is 22.5. The van der Waals surface area contributed by atoms with Crippen LogP contribution in [0.25, 0.3) is 11.1 Å². The van der Waals surface area contributed by atoms with Crippen LogP contribution in [0.15, 0.2) is 53.6 Å². The molecule has 0 saturated heterocycles. The topological polar surface area (TPSA) is 104 Å². The summed E-state index contributed by atoms with van der Waals surface area (Å²) in [5.74, 6) is 0.330. The van der Waals surface area contributed by atoms with Crippen LogP contribution in [0.3, 0.4) is 0 Å². The summed E-state index contributed by atoms with van der Waals surface area (Å²) in [6, 6.07) is 18.5. The normalized spacial score (nSPS) is 10.5. The van der Waals surface area contributed by atoms with Gasteiger partial charge in [0.1, 0.15) is 28.5 Å². The first-order valence-electron chi connectivity index (χ1n) is 9.51. The fraction of sp³-hybridized carbons (Fsp3) is 0.167. The van der Waals surface area contributed by atoms with Crippen molar-refractivity contribution in [1.29, 1.82) is 10.5 Å². The van der Waals surface area contributed by atoms with Gasteiger partial charge in [-0.05, 0) is 41.3 Å². The number of nitrogens with zero attached hydrogens (tertiary/aromatic N) is 3. The number of carbonyl (C=O) groups is 1. The van der Waals surface area contributed by atoms with Crippen molar-refractivity contribution in [1.82, 2.24) is 4.98 Å². The minimum Gasteiger partial charge on any atom is -0.383 e. The standard InChI is InChI=1S/C24H19ClN4OS/c1-14(2)15-3-5-17(6-4-15)22-19(11-26)23(28)29-24(20(22)12-27)31-13-21(30)16-7-9-18(25)10-8-16/h3-10,14H,13H2,1-2H3,(H2,28,29). The van der Waals surface area contributed by atoms with Gasteiger partial charge in [0.05, 0.1) is 11.3 Å². The van der Waals surface area contributed by atoms with E-state index in [1.54, 1.807) is 24.3 Å². The number of benzene rings is 2. The molecule has 7 heteroatoms. The fourth-order valence-corrected chi connectivity index (χ4v) is 4.09. The number of Topliss-reactive ketones (excluding diaryl/α,β-unsaturated/α-hetero) is 1. The van der Waals surface area contributed by atoms with Gasteiger partial charge in [-0.1, -0.05) is 61.5 Å². The van der Waals surface area contributed by atoms with E-state index in [2.05, 4.69) is 31.0 Å². The molecular weight excluding hydrogens is 428 g/mol. The van der Waals surface area contributed by atoms with Crippen LogP contribution in [0.4, 0.5) is 5.82 Å². The van der Waals surface area contributed by atoms with Crippen molar-refractivity contribution in [2.24, 2.45) is 0 Å². The van der Waals surface area contributed by atoms with Crippen LogP contribution in [0, 0.1) is 22.7 Å². The fourth-order valence-electron chi connectivity index (χ4n) is 3.08. The average molecular weight is 447 g/mol. The van der Waals surface area contributed by atoms with Gasteiger partial charge < -0.3 is 5.73 Å². The summed E-state index contributed by atoms with van der Waals surface area (Å²) in [4.78, 5) is 16.8. The smallest absolute Gasteiger partial charge is 0.173 e. The van der Waals surface area contributed by atoms with Crippen molar-refractivity contribution in [3.63, 3.8) is 0 Å². The van der Waals surface area contributed by atoms with Crippen LogP contribution >= 0.6 is 23.4 Å². The molecule has 0 amide bonds. The van der Waals surface area contributed by atoms with Crippen LogP contribution in [-0.2, 0) is 0 Å². The molecular formula is C24H19ClN4OS. The van der Waals surface area contributed by atoms with E-state index in [9.17, 15) is 15.3 Å². The molecule has 154 valence electrons. The molecule has 0 spiro atoms. The third-order valence-electron chi connectivity index (χ3n) is 4.79. The van der Waals surface area contributed by atoms with E-state index in [-0.39, 0.29) is 28.5 Å². The quantitative estimate of drug-likeness (QED) is 0.377. The third-order valence-corrected chi connectivity index (χ3v) is 6.02. The first-order chi connectivity index (χ1) is 14.8. The van der Waals surface area contributed by atoms with Crippen LogP contribution in [0.1, 0.15) is 46.8 Å². The number of carbonyl (C=O) groups excluding carboxylic acids is 1. The molecule has 5 nitrogen and oxygen atoms in total. The summed E-state index contributed by atoms with van der Waals surface area (Å²) < 4.78 is 0. The van der Waals surface area contributed by atoms with Gasteiger partial charge >= 0.3 is 0 Å². The Morgan fingerprint density at radius 2 is 1.68 bits per heavy atom. The SMILES string of the molecule is CC(C)c1ccc(-c2c(C#N)c(N)nc(SCC(=O)c3ccc(Cl)cc3)c2C#N)cc1. The van der Waals surface area contributed by atoms with E-state index in [0.717, 1.165) is 17.3 Å². The molecule has 3 rings (SSSR count). The van der Waals surface area contributed by atoms with Crippen LogP contribution in [0.5, 0.6) is 0 Å². The summed E-state index contributed by atoms with van der Waals surface area (Å²) in [7, 11) is 0. The highest BCUT2D eigenvalue weighted by molar-refractivity contribution is 8.00. The Bertz CT molecular complexity index is 1210. The summed E-state index contributed by atoms with van der Waals surface area (Å²) in [5, 5.41) is 20.4. The number of nitrogens with two attached hydrogens (primary N) is 1. The van der Waals surface area contributed by atoms with Crippen molar-refractivity contribution >= 4 is 35.0 Å². The zero-order valence-electron chi connectivity index (χ0n) is 17.0. The molecule has 0 aliphatic carbocycles. The molecule has 0 radical (unpaired) electrons. The monoisotopic (exact) mass is 446 g/mol. The van der Waals surface area contributed by atoms with Gasteiger partial charge in [0.25, 0.3) is 0 Å². The van der Waals surface area contributed by atoms with Gasteiger partial charge in [0.2, 0.25) is 0 Å². The van der Waals surface area contributed by atoms with E-state index >= 15 is 0 Å². The van der Waals surface area contributed by atoms with Gasteiger partial charge in [-0.15, -0.1) is 0 Å². The predicted molar refractivity (Wildman–Crippen MR) is 124 cm³/mol. The molecule has 0 aliphatic rings. The summed E-state index contributed by atoms with van der Waals surface area (Å²) >= 11 is 7.00. The maximum Gasteiger partial charge on any atom is 0.173 e. The van der Waals surface area contributed by atoms with Gasteiger partial charge in [-0.3, -0.25) is 4.79 Å². The zero-order valence-corrected chi connectivity index (χ0v) is 18.6. The number of nitrogen functional groups attached to an aromatic ring is 1. The van der Waals surface area contributed by atoms with Crippen molar-refractivity contribution in [2.45, 2.75) is 24.8 Å². The van der Waals surface area contributed by atoms with E-state index < -0.39 is 0 Å². The molecule has 0 unspecified atom stereocenters. The molecule has 1 heterocycles. The Balaban J connectivity index is 2.00. The number of halogens is 1. The predicted octanol–water partition coefficient (Wildman–Crippen LogP) is 5.83. The third kappa shape index (κ3) is 4.88. The molecule has 0 saturated carbocycles. The summed E-state index contributed by atoms with van der Waals surface area (Å²) in [5.41, 5.74) is 9.24. The van der Waals surface area contributed by atoms with Crippen molar-refractivity contribution in [3.05, 3.63) is 75.8 Å². The molecule has 1 aromatic heterocycles. The van der Waals surface area contributed by atoms with Gasteiger partial charge in [-0.2, -0.15) is 10.5 Å². The Labute approximate surface area is 190 Å². The highest BCUT2D eigenvalue weighted by Gasteiger charge is 2.21. The van der Waals surface area contributed by atoms with Crippen LogP contribution < -0.4 is 5.73 Å². The summed E-state index contributed by atoms with van der Waals surface area (Å²) in [6.45, 7) is 4.18. The van der Waals surface area contributed by atoms with E-state index in [1.807, 2.05) is 24.3 Å². The minimum atomic E-state index is -0.127. The second kappa shape index (κ2) is 9.66. The number of nitriles is 2. The molecule has 2 aromatic carbocycles. The Hall–Kier alpha value is -3.32. The first-order valence-corrected chi connectivity index (χ1v) is 10.9. The Kier molecular flexibility index (Phi) is 6.97. The first kappa shape index (κ1) is 22.4. The molecule has 0 fully saturated rings. The number of aromatic nitrogens is 1. The van der Waals surface area contributed by atoms with E-state index in [1.165, 1.54) is 0 Å². The molecule has 31 heavy (non-hydrogen) atoms. The number of hydrogen-bond donors (Lipinski definition) is 1. The van der Waals surface area contributed by atoms with Crippen molar-refractivity contribution in [2.75, 3.05) is 11.5 Å². The number of thioether (sulfide) groups is 1. The van der Waals surface area contributed by atoms with Gasteiger partial charge in [0, 0.05) is 16.1 Å². The van der Waals surface area contributed by atoms with Gasteiger partial charge in [0.15, 0.2) is 5.78 Å².